The molecule has 62 valence electrons. The van der Waals surface area contributed by atoms with Crippen LogP contribution in [0.5, 0.6) is 11.5 Å². The maximum atomic E-state index is 10.9. The number of carbonyl (C=O) groups excluding carboxylic acids is 1. The molecule has 2 rings (SSSR count). The average Bonchev–Trinajstić information content (AvgIpc) is 2.31. The first-order valence-electron chi connectivity index (χ1n) is 3.19. The predicted molar refractivity (Wildman–Crippen MR) is 42.5 cm³/mol. The Labute approximate surface area is 70.7 Å². The Bertz CT molecular complexity index is 388. The van der Waals surface area contributed by atoms with E-state index in [9.17, 15) is 4.79 Å². The number of phenolic OH excluding ortho intramolecular Hbond substituents is 1. The van der Waals surface area contributed by atoms with Gasteiger partial charge in [-0.1, -0.05) is 0 Å². The zero-order valence-corrected chi connectivity index (χ0v) is 6.72. The molecular weight excluding hydrogens is 178 g/mol. The van der Waals surface area contributed by atoms with Crippen LogP contribution in [-0.4, -0.2) is 10.4 Å². The number of benzene rings is 1. The molecule has 12 heavy (non-hydrogen) atoms. The van der Waals surface area contributed by atoms with Gasteiger partial charge in [0.1, 0.15) is 11.5 Å². The maximum Gasteiger partial charge on any atom is 0.387 e. The van der Waals surface area contributed by atoms with Crippen molar-refractivity contribution in [1.82, 2.24) is 0 Å². The van der Waals surface area contributed by atoms with E-state index in [4.69, 9.17) is 14.6 Å². The molecule has 1 aromatic carbocycles. The fourth-order valence-electron chi connectivity index (χ4n) is 0.962. The monoisotopic (exact) mass is 183 g/mol. The van der Waals surface area contributed by atoms with Crippen LogP contribution >= 0.6 is 0 Å². The first kappa shape index (κ1) is 7.30. The Morgan fingerprint density at radius 3 is 3.00 bits per heavy atom. The van der Waals surface area contributed by atoms with Gasteiger partial charge in [0.15, 0.2) is 0 Å². The van der Waals surface area contributed by atoms with Crippen molar-refractivity contribution in [3.05, 3.63) is 18.2 Å². The minimum absolute atomic E-state index is 0.0526. The van der Waals surface area contributed by atoms with Crippen molar-refractivity contribution >= 4 is 16.0 Å². The van der Waals surface area contributed by atoms with E-state index >= 15 is 0 Å². The molecule has 0 bridgehead atoms. The van der Waals surface area contributed by atoms with Crippen LogP contribution in [-0.2, 0) is 10.7 Å². The van der Waals surface area contributed by atoms with E-state index in [0.29, 0.717) is 10.6 Å². The molecule has 0 saturated heterocycles. The van der Waals surface area contributed by atoms with Crippen LogP contribution in [0.25, 0.3) is 0 Å². The van der Waals surface area contributed by atoms with Crippen LogP contribution in [0.3, 0.4) is 0 Å². The van der Waals surface area contributed by atoms with Crippen molar-refractivity contribution in [2.45, 2.75) is 4.90 Å². The third kappa shape index (κ3) is 0.902. The highest BCUT2D eigenvalue weighted by Crippen LogP contribution is 2.32. The van der Waals surface area contributed by atoms with E-state index in [1.165, 1.54) is 18.2 Å². The third-order valence-corrected chi connectivity index (χ3v) is 2.68. The Morgan fingerprint density at radius 1 is 1.50 bits per heavy atom. The summed E-state index contributed by atoms with van der Waals surface area (Å²) in [5.41, 5.74) is 0. The van der Waals surface area contributed by atoms with Gasteiger partial charge in [-0.15, -0.1) is 0 Å². The number of phenols is 1. The minimum Gasteiger partial charge on any atom is -0.508 e. The van der Waals surface area contributed by atoms with E-state index in [-0.39, 0.29) is 5.75 Å². The molecule has 4 nitrogen and oxygen atoms in total. The molecule has 1 aliphatic heterocycles. The van der Waals surface area contributed by atoms with Crippen molar-refractivity contribution in [3.63, 3.8) is 0 Å². The van der Waals surface area contributed by atoms with E-state index in [0.717, 1.165) is 0 Å². The summed E-state index contributed by atoms with van der Waals surface area (Å²) in [5.74, 6) is 0.438. The summed E-state index contributed by atoms with van der Waals surface area (Å²) in [7, 11) is -1.27. The third-order valence-electron chi connectivity index (χ3n) is 1.51. The fourth-order valence-corrected chi connectivity index (χ4v) is 1.86. The van der Waals surface area contributed by atoms with Crippen molar-refractivity contribution in [2.75, 3.05) is 0 Å². The number of hydrogen-bond donors (Lipinski definition) is 2. The smallest absolute Gasteiger partial charge is 0.387 e. The number of fused-ring (bicyclic) bond motifs is 1. The summed E-state index contributed by atoms with van der Waals surface area (Å²) < 4.78 is 12.1. The molecular formula is C7H5NO3S. The molecule has 1 unspecified atom stereocenters. The van der Waals surface area contributed by atoms with Crippen LogP contribution in [0.1, 0.15) is 0 Å². The topological polar surface area (TPSA) is 70.4 Å². The van der Waals surface area contributed by atoms with Crippen LogP contribution in [0.4, 0.5) is 4.79 Å². The quantitative estimate of drug-likeness (QED) is 0.600. The lowest BCUT2D eigenvalue weighted by Gasteiger charge is -1.94. The Balaban J connectivity index is 2.63. The fraction of sp³-hybridized carbons (Fsp3) is 0. The molecule has 0 aliphatic carbocycles. The van der Waals surface area contributed by atoms with Gasteiger partial charge < -0.3 is 9.84 Å². The molecule has 1 aliphatic rings. The largest absolute Gasteiger partial charge is 0.508 e. The standard InChI is InChI=1S/C7H5NO3S/c8-12-6-3-4(9)1-2-5(6)11-7(12)10/h1-3,8-9H. The zero-order chi connectivity index (χ0) is 8.72. The summed E-state index contributed by atoms with van der Waals surface area (Å²) in [5, 5.41) is 8.50. The van der Waals surface area contributed by atoms with Gasteiger partial charge in [0.25, 0.3) is 0 Å². The lowest BCUT2D eigenvalue weighted by Crippen LogP contribution is -2.00. The van der Waals surface area contributed by atoms with Gasteiger partial charge in [-0.25, -0.2) is 4.79 Å². The summed E-state index contributed by atoms with van der Waals surface area (Å²) >= 11 is 0. The highest BCUT2D eigenvalue weighted by atomic mass is 32.2. The molecule has 0 fully saturated rings. The van der Waals surface area contributed by atoms with Crippen molar-refractivity contribution in [1.29, 1.82) is 4.78 Å². The number of hydrogen-bond acceptors (Lipinski definition) is 4. The predicted octanol–water partition coefficient (Wildman–Crippen LogP) is 1.64. The number of carbonyl (C=O) groups is 1. The van der Waals surface area contributed by atoms with Gasteiger partial charge in [-0.2, -0.15) is 0 Å². The number of rotatable bonds is 0. The molecule has 2 N–H and O–H groups in total. The van der Waals surface area contributed by atoms with Gasteiger partial charge in [-0.05, 0) is 18.2 Å². The first-order chi connectivity index (χ1) is 5.68. The summed E-state index contributed by atoms with van der Waals surface area (Å²) in [4.78, 5) is 11.3. The van der Waals surface area contributed by atoms with E-state index in [1.54, 1.807) is 0 Å². The molecule has 0 spiro atoms. The molecule has 0 saturated carbocycles. The van der Waals surface area contributed by atoms with Gasteiger partial charge in [0.05, 0.1) is 4.90 Å². The van der Waals surface area contributed by atoms with Crippen molar-refractivity contribution in [2.24, 2.45) is 0 Å². The van der Waals surface area contributed by atoms with Crippen LogP contribution in [0.2, 0.25) is 0 Å². The van der Waals surface area contributed by atoms with Crippen LogP contribution in [0.15, 0.2) is 23.1 Å². The SMILES string of the molecule is N=S1C(=O)Oc2ccc(O)cc21. The summed E-state index contributed by atoms with van der Waals surface area (Å²) in [6, 6.07) is 4.30. The van der Waals surface area contributed by atoms with Crippen molar-refractivity contribution in [3.8, 4) is 11.5 Å². The second kappa shape index (κ2) is 2.31. The second-order valence-corrected chi connectivity index (χ2v) is 3.67. The number of aromatic hydroxyl groups is 1. The molecule has 0 aromatic heterocycles. The van der Waals surface area contributed by atoms with Gasteiger partial charge in [0, 0.05) is 10.7 Å². The van der Waals surface area contributed by atoms with Crippen LogP contribution < -0.4 is 4.74 Å². The maximum absolute atomic E-state index is 10.9. The highest BCUT2D eigenvalue weighted by Gasteiger charge is 2.25. The van der Waals surface area contributed by atoms with Gasteiger partial charge in [-0.3, -0.25) is 4.78 Å². The first-order valence-corrected chi connectivity index (χ1v) is 4.41. The Hall–Kier alpha value is -1.36. The normalized spacial score (nSPS) is 20.3. The summed E-state index contributed by atoms with van der Waals surface area (Å²) in [6.07, 6.45) is 0. The van der Waals surface area contributed by atoms with Crippen molar-refractivity contribution < 1.29 is 14.6 Å². The lowest BCUT2D eigenvalue weighted by molar-refractivity contribution is 0.228. The van der Waals surface area contributed by atoms with Gasteiger partial charge in [0.2, 0.25) is 0 Å². The minimum atomic E-state index is -1.27. The van der Waals surface area contributed by atoms with Crippen LogP contribution in [0, 0.1) is 4.78 Å². The molecule has 1 heterocycles. The van der Waals surface area contributed by atoms with E-state index in [1.807, 2.05) is 0 Å². The molecule has 1 aromatic rings. The average molecular weight is 183 g/mol. The van der Waals surface area contributed by atoms with E-state index in [2.05, 4.69) is 0 Å². The molecule has 0 radical (unpaired) electrons. The number of ether oxygens (including phenoxy) is 1. The molecule has 0 amide bonds. The van der Waals surface area contributed by atoms with E-state index < -0.39 is 16.0 Å². The zero-order valence-electron chi connectivity index (χ0n) is 5.90. The molecule has 1 atom stereocenters. The molecule has 5 heteroatoms. The Morgan fingerprint density at radius 2 is 2.25 bits per heavy atom. The number of nitrogens with one attached hydrogen (secondary N) is 1. The Kier molecular flexibility index (Phi) is 1.41. The highest BCUT2D eigenvalue weighted by molar-refractivity contribution is 8.01. The van der Waals surface area contributed by atoms with Gasteiger partial charge >= 0.3 is 5.30 Å². The summed E-state index contributed by atoms with van der Waals surface area (Å²) in [6.45, 7) is 0. The lowest BCUT2D eigenvalue weighted by atomic mass is 10.3. The second-order valence-electron chi connectivity index (χ2n) is 2.29.